The van der Waals surface area contributed by atoms with E-state index in [1.165, 1.54) is 0 Å². The maximum absolute atomic E-state index is 5.53. The third-order valence-corrected chi connectivity index (χ3v) is 3.37. The number of rotatable bonds is 6. The van der Waals surface area contributed by atoms with Gasteiger partial charge >= 0.3 is 0 Å². The third kappa shape index (κ3) is 3.52. The molecule has 1 aromatic rings. The number of nitrogens with two attached hydrogens (primary N) is 2. The SMILES string of the molecule is CCC(CC)(CC)NCc1nc(N)nc(N)n1. The van der Waals surface area contributed by atoms with Gasteiger partial charge in [-0.15, -0.1) is 0 Å². The zero-order chi connectivity index (χ0) is 12.9. The number of hydrogen-bond acceptors (Lipinski definition) is 6. The van der Waals surface area contributed by atoms with Gasteiger partial charge in [-0.1, -0.05) is 20.8 Å². The van der Waals surface area contributed by atoms with Crippen molar-refractivity contribution in [1.29, 1.82) is 0 Å². The van der Waals surface area contributed by atoms with Crippen LogP contribution in [-0.2, 0) is 6.54 Å². The van der Waals surface area contributed by atoms with E-state index in [-0.39, 0.29) is 17.4 Å². The summed E-state index contributed by atoms with van der Waals surface area (Å²) in [6.45, 7) is 7.09. The van der Waals surface area contributed by atoms with Gasteiger partial charge in [0.2, 0.25) is 11.9 Å². The molecule has 0 atom stereocenters. The van der Waals surface area contributed by atoms with Crippen molar-refractivity contribution in [1.82, 2.24) is 20.3 Å². The molecule has 17 heavy (non-hydrogen) atoms. The minimum absolute atomic E-state index is 0.135. The third-order valence-electron chi connectivity index (χ3n) is 3.37. The van der Waals surface area contributed by atoms with Gasteiger partial charge in [0.25, 0.3) is 0 Å². The second-order valence-electron chi connectivity index (χ2n) is 4.16. The van der Waals surface area contributed by atoms with Crippen LogP contribution in [0.15, 0.2) is 0 Å². The predicted octanol–water partition coefficient (Wildman–Crippen LogP) is 1.09. The van der Waals surface area contributed by atoms with Crippen LogP contribution in [0.1, 0.15) is 45.9 Å². The van der Waals surface area contributed by atoms with Gasteiger partial charge in [-0.3, -0.25) is 0 Å². The van der Waals surface area contributed by atoms with Crippen molar-refractivity contribution < 1.29 is 0 Å². The van der Waals surface area contributed by atoms with Crippen LogP contribution < -0.4 is 16.8 Å². The monoisotopic (exact) mass is 238 g/mol. The van der Waals surface area contributed by atoms with E-state index >= 15 is 0 Å². The number of hydrogen-bond donors (Lipinski definition) is 3. The van der Waals surface area contributed by atoms with Crippen LogP contribution in [0.2, 0.25) is 0 Å². The summed E-state index contributed by atoms with van der Waals surface area (Å²) in [5, 5.41) is 3.49. The van der Waals surface area contributed by atoms with Gasteiger partial charge in [-0.25, -0.2) is 0 Å². The van der Waals surface area contributed by atoms with Gasteiger partial charge in [0.15, 0.2) is 0 Å². The summed E-state index contributed by atoms with van der Waals surface area (Å²) in [6, 6.07) is 0. The maximum Gasteiger partial charge on any atom is 0.225 e. The molecular formula is C11H22N6. The molecule has 6 heteroatoms. The summed E-state index contributed by atoms with van der Waals surface area (Å²) in [5.41, 5.74) is 11.2. The highest BCUT2D eigenvalue weighted by Crippen LogP contribution is 2.19. The topological polar surface area (TPSA) is 103 Å². The van der Waals surface area contributed by atoms with E-state index in [4.69, 9.17) is 11.5 Å². The molecule has 0 aliphatic heterocycles. The lowest BCUT2D eigenvalue weighted by atomic mass is 9.90. The molecule has 0 unspecified atom stereocenters. The quantitative estimate of drug-likeness (QED) is 0.685. The van der Waals surface area contributed by atoms with Gasteiger partial charge in [0.1, 0.15) is 5.82 Å². The minimum atomic E-state index is 0.135. The normalized spacial score (nSPS) is 11.7. The Balaban J connectivity index is 2.71. The van der Waals surface area contributed by atoms with Crippen molar-refractivity contribution in [2.45, 2.75) is 52.1 Å². The molecule has 0 aromatic carbocycles. The van der Waals surface area contributed by atoms with E-state index in [2.05, 4.69) is 41.0 Å². The Morgan fingerprint density at radius 2 is 1.41 bits per heavy atom. The average Bonchev–Trinajstić information content (AvgIpc) is 2.30. The first kappa shape index (κ1) is 13.6. The predicted molar refractivity (Wildman–Crippen MR) is 69.1 cm³/mol. The summed E-state index contributed by atoms with van der Waals surface area (Å²) in [6.07, 6.45) is 3.20. The van der Waals surface area contributed by atoms with E-state index in [1.54, 1.807) is 0 Å². The second-order valence-corrected chi connectivity index (χ2v) is 4.16. The highest BCUT2D eigenvalue weighted by atomic mass is 15.2. The first-order valence-corrected chi connectivity index (χ1v) is 6.06. The Bertz CT molecular complexity index is 332. The minimum Gasteiger partial charge on any atom is -0.368 e. The lowest BCUT2D eigenvalue weighted by molar-refractivity contribution is 0.285. The molecule has 1 aromatic heterocycles. The fraction of sp³-hybridized carbons (Fsp3) is 0.727. The molecule has 6 nitrogen and oxygen atoms in total. The van der Waals surface area contributed by atoms with Crippen molar-refractivity contribution in [2.24, 2.45) is 0 Å². The Hall–Kier alpha value is -1.43. The smallest absolute Gasteiger partial charge is 0.225 e. The highest BCUT2D eigenvalue weighted by molar-refractivity contribution is 5.25. The zero-order valence-corrected chi connectivity index (χ0v) is 10.8. The van der Waals surface area contributed by atoms with E-state index in [0.29, 0.717) is 12.4 Å². The molecule has 0 saturated heterocycles. The van der Waals surface area contributed by atoms with Gasteiger partial charge in [0, 0.05) is 5.54 Å². The molecule has 0 aliphatic rings. The van der Waals surface area contributed by atoms with Crippen molar-refractivity contribution in [3.63, 3.8) is 0 Å². The van der Waals surface area contributed by atoms with Crippen LogP contribution in [0.25, 0.3) is 0 Å². The molecule has 0 bridgehead atoms. The molecular weight excluding hydrogens is 216 g/mol. The summed E-state index contributed by atoms with van der Waals surface area (Å²) in [7, 11) is 0. The Morgan fingerprint density at radius 3 is 1.82 bits per heavy atom. The number of aromatic nitrogens is 3. The van der Waals surface area contributed by atoms with E-state index in [1.807, 2.05) is 0 Å². The average molecular weight is 238 g/mol. The van der Waals surface area contributed by atoms with Crippen LogP contribution in [0.3, 0.4) is 0 Å². The summed E-state index contributed by atoms with van der Waals surface area (Å²) < 4.78 is 0. The molecule has 1 heterocycles. The fourth-order valence-corrected chi connectivity index (χ4v) is 1.93. The highest BCUT2D eigenvalue weighted by Gasteiger charge is 2.23. The van der Waals surface area contributed by atoms with Crippen molar-refractivity contribution in [3.05, 3.63) is 5.82 Å². The largest absolute Gasteiger partial charge is 0.368 e. The second kappa shape index (κ2) is 5.77. The van der Waals surface area contributed by atoms with Crippen LogP contribution >= 0.6 is 0 Å². The van der Waals surface area contributed by atoms with Crippen LogP contribution in [0.5, 0.6) is 0 Å². The van der Waals surface area contributed by atoms with Crippen LogP contribution in [0, 0.1) is 0 Å². The van der Waals surface area contributed by atoms with Gasteiger partial charge in [-0.2, -0.15) is 15.0 Å². The Labute approximate surface area is 102 Å². The Morgan fingerprint density at radius 1 is 0.941 bits per heavy atom. The number of nitrogens with zero attached hydrogens (tertiary/aromatic N) is 3. The van der Waals surface area contributed by atoms with Gasteiger partial charge in [0.05, 0.1) is 6.54 Å². The maximum atomic E-state index is 5.53. The molecule has 1 rings (SSSR count). The molecule has 0 radical (unpaired) electrons. The Kier molecular flexibility index (Phi) is 4.62. The summed E-state index contributed by atoms with van der Waals surface area (Å²) in [5.74, 6) is 0.934. The first-order chi connectivity index (χ1) is 8.05. The van der Waals surface area contributed by atoms with Crippen molar-refractivity contribution in [2.75, 3.05) is 11.5 Å². The van der Waals surface area contributed by atoms with Gasteiger partial charge < -0.3 is 16.8 Å². The molecule has 0 amide bonds. The standard InChI is InChI=1S/C11H22N6/c1-4-11(5-2,6-3)14-7-8-15-9(12)17-10(13)16-8/h14H,4-7H2,1-3H3,(H4,12,13,15,16,17). The first-order valence-electron chi connectivity index (χ1n) is 6.06. The number of nitrogens with one attached hydrogen (secondary N) is 1. The summed E-state index contributed by atoms with van der Waals surface area (Å²) >= 11 is 0. The van der Waals surface area contributed by atoms with E-state index in [0.717, 1.165) is 19.3 Å². The molecule has 96 valence electrons. The van der Waals surface area contributed by atoms with Crippen molar-refractivity contribution >= 4 is 11.9 Å². The molecule has 0 spiro atoms. The van der Waals surface area contributed by atoms with Crippen molar-refractivity contribution in [3.8, 4) is 0 Å². The fourth-order valence-electron chi connectivity index (χ4n) is 1.93. The lowest BCUT2D eigenvalue weighted by Crippen LogP contribution is -2.43. The number of anilines is 2. The number of nitrogen functional groups attached to an aromatic ring is 2. The van der Waals surface area contributed by atoms with E-state index < -0.39 is 0 Å². The lowest BCUT2D eigenvalue weighted by Gasteiger charge is -2.31. The molecule has 0 aliphatic carbocycles. The van der Waals surface area contributed by atoms with Crippen LogP contribution in [-0.4, -0.2) is 20.5 Å². The molecule has 0 saturated carbocycles. The molecule has 0 fully saturated rings. The molecule has 5 N–H and O–H groups in total. The zero-order valence-electron chi connectivity index (χ0n) is 10.8. The van der Waals surface area contributed by atoms with Gasteiger partial charge in [-0.05, 0) is 19.3 Å². The van der Waals surface area contributed by atoms with Crippen LogP contribution in [0.4, 0.5) is 11.9 Å². The van der Waals surface area contributed by atoms with E-state index in [9.17, 15) is 0 Å². The summed E-state index contributed by atoms with van der Waals surface area (Å²) in [4.78, 5) is 11.9.